The SMILES string of the molecule is Cn1ccc(C(=O)N2CC[C@@H](c3ccnc4nccn34)C2)n1. The Hall–Kier alpha value is -2.70. The van der Waals surface area contributed by atoms with Gasteiger partial charge in [-0.05, 0) is 18.6 Å². The molecule has 0 aromatic carbocycles. The molecular formula is C15H16N6O. The molecule has 0 saturated carbocycles. The van der Waals surface area contributed by atoms with E-state index < -0.39 is 0 Å². The number of aryl methyl sites for hydroxylation is 1. The Morgan fingerprint density at radius 3 is 2.91 bits per heavy atom. The highest BCUT2D eigenvalue weighted by Gasteiger charge is 2.30. The van der Waals surface area contributed by atoms with Crippen LogP contribution in [0.3, 0.4) is 0 Å². The maximum absolute atomic E-state index is 12.5. The summed E-state index contributed by atoms with van der Waals surface area (Å²) in [5.41, 5.74) is 1.66. The van der Waals surface area contributed by atoms with E-state index in [1.165, 1.54) is 0 Å². The number of carbonyl (C=O) groups is 1. The lowest BCUT2D eigenvalue weighted by molar-refractivity contribution is 0.0784. The first kappa shape index (κ1) is 13.0. The Morgan fingerprint density at radius 1 is 1.23 bits per heavy atom. The maximum atomic E-state index is 12.5. The number of rotatable bonds is 2. The van der Waals surface area contributed by atoms with Crippen molar-refractivity contribution in [1.82, 2.24) is 29.0 Å². The van der Waals surface area contributed by atoms with E-state index in [2.05, 4.69) is 15.1 Å². The lowest BCUT2D eigenvalue weighted by Gasteiger charge is -2.16. The minimum Gasteiger partial charge on any atom is -0.337 e. The zero-order valence-electron chi connectivity index (χ0n) is 12.3. The third-order valence-corrected chi connectivity index (χ3v) is 4.16. The number of likely N-dealkylation sites (tertiary alicyclic amines) is 1. The minimum atomic E-state index is -0.000897. The largest absolute Gasteiger partial charge is 0.337 e. The van der Waals surface area contributed by atoms with Crippen LogP contribution in [0.2, 0.25) is 0 Å². The zero-order chi connectivity index (χ0) is 15.1. The van der Waals surface area contributed by atoms with Crippen LogP contribution in [0.5, 0.6) is 0 Å². The molecule has 3 aromatic heterocycles. The van der Waals surface area contributed by atoms with Gasteiger partial charge >= 0.3 is 0 Å². The monoisotopic (exact) mass is 296 g/mol. The molecule has 0 spiro atoms. The molecule has 3 aromatic rings. The molecule has 7 heteroatoms. The molecule has 1 saturated heterocycles. The van der Waals surface area contributed by atoms with E-state index in [9.17, 15) is 4.79 Å². The van der Waals surface area contributed by atoms with Gasteiger partial charge in [0.25, 0.3) is 5.91 Å². The van der Waals surface area contributed by atoms with Gasteiger partial charge in [0.1, 0.15) is 5.69 Å². The second kappa shape index (κ2) is 4.94. The van der Waals surface area contributed by atoms with Crippen LogP contribution in [0.15, 0.2) is 36.9 Å². The molecule has 22 heavy (non-hydrogen) atoms. The zero-order valence-corrected chi connectivity index (χ0v) is 12.3. The van der Waals surface area contributed by atoms with Gasteiger partial charge in [-0.2, -0.15) is 5.10 Å². The first-order valence-corrected chi connectivity index (χ1v) is 7.29. The fourth-order valence-electron chi connectivity index (χ4n) is 3.06. The summed E-state index contributed by atoms with van der Waals surface area (Å²) in [5.74, 6) is 0.999. The molecule has 7 nitrogen and oxygen atoms in total. The molecule has 1 amide bonds. The Morgan fingerprint density at radius 2 is 2.09 bits per heavy atom. The Bertz CT molecular complexity index is 835. The van der Waals surface area contributed by atoms with Gasteiger partial charge in [0, 0.05) is 56.5 Å². The highest BCUT2D eigenvalue weighted by Crippen LogP contribution is 2.27. The van der Waals surface area contributed by atoms with Gasteiger partial charge in [-0.15, -0.1) is 0 Å². The van der Waals surface area contributed by atoms with Crippen LogP contribution in [0.25, 0.3) is 5.78 Å². The number of carbonyl (C=O) groups excluding carboxylic acids is 1. The van der Waals surface area contributed by atoms with Crippen molar-refractivity contribution >= 4 is 11.7 Å². The first-order valence-electron chi connectivity index (χ1n) is 7.29. The van der Waals surface area contributed by atoms with Crippen molar-refractivity contribution in [2.24, 2.45) is 7.05 Å². The second-order valence-corrected chi connectivity index (χ2v) is 5.58. The Kier molecular flexibility index (Phi) is 2.92. The topological polar surface area (TPSA) is 68.3 Å². The molecule has 4 heterocycles. The smallest absolute Gasteiger partial charge is 0.274 e. The van der Waals surface area contributed by atoms with Gasteiger partial charge in [0.15, 0.2) is 0 Å². The number of fused-ring (bicyclic) bond motifs is 1. The van der Waals surface area contributed by atoms with E-state index in [-0.39, 0.29) is 5.91 Å². The lowest BCUT2D eigenvalue weighted by Crippen LogP contribution is -2.29. The molecule has 0 unspecified atom stereocenters. The quantitative estimate of drug-likeness (QED) is 0.710. The van der Waals surface area contributed by atoms with Gasteiger partial charge in [-0.3, -0.25) is 13.9 Å². The first-order chi connectivity index (χ1) is 10.7. The van der Waals surface area contributed by atoms with Crippen LogP contribution in [0.4, 0.5) is 0 Å². The average Bonchev–Trinajstić information content (AvgIpc) is 3.26. The van der Waals surface area contributed by atoms with Gasteiger partial charge in [-0.1, -0.05) is 0 Å². The summed E-state index contributed by atoms with van der Waals surface area (Å²) < 4.78 is 3.65. The maximum Gasteiger partial charge on any atom is 0.274 e. The normalized spacial score (nSPS) is 18.2. The predicted octanol–water partition coefficient (Wildman–Crippen LogP) is 1.09. The van der Waals surface area contributed by atoms with Gasteiger partial charge < -0.3 is 4.90 Å². The van der Waals surface area contributed by atoms with Crippen molar-refractivity contribution in [3.8, 4) is 0 Å². The number of nitrogens with zero attached hydrogens (tertiary/aromatic N) is 6. The fraction of sp³-hybridized carbons (Fsp3) is 0.333. The van der Waals surface area contributed by atoms with Crippen LogP contribution in [-0.4, -0.2) is 48.0 Å². The number of hydrogen-bond acceptors (Lipinski definition) is 4. The lowest BCUT2D eigenvalue weighted by atomic mass is 10.0. The predicted molar refractivity (Wildman–Crippen MR) is 79.5 cm³/mol. The molecule has 0 radical (unpaired) electrons. The van der Waals surface area contributed by atoms with E-state index in [0.717, 1.165) is 18.7 Å². The van der Waals surface area contributed by atoms with E-state index in [4.69, 9.17) is 0 Å². The van der Waals surface area contributed by atoms with E-state index in [1.807, 2.05) is 28.6 Å². The number of aromatic nitrogens is 5. The molecule has 112 valence electrons. The summed E-state index contributed by atoms with van der Waals surface area (Å²) >= 11 is 0. The fourth-order valence-corrected chi connectivity index (χ4v) is 3.06. The molecule has 1 fully saturated rings. The second-order valence-electron chi connectivity index (χ2n) is 5.58. The third-order valence-electron chi connectivity index (χ3n) is 4.16. The van der Waals surface area contributed by atoms with E-state index in [0.29, 0.717) is 23.9 Å². The van der Waals surface area contributed by atoms with Crippen molar-refractivity contribution in [3.63, 3.8) is 0 Å². The Balaban J connectivity index is 1.57. The summed E-state index contributed by atoms with van der Waals surface area (Å²) in [5, 5.41) is 4.19. The van der Waals surface area contributed by atoms with Crippen molar-refractivity contribution in [2.75, 3.05) is 13.1 Å². The molecule has 4 rings (SSSR count). The molecular weight excluding hydrogens is 280 g/mol. The Labute approximate surface area is 127 Å². The third kappa shape index (κ3) is 2.05. The van der Waals surface area contributed by atoms with Crippen LogP contribution in [-0.2, 0) is 7.05 Å². The van der Waals surface area contributed by atoms with Gasteiger partial charge in [-0.25, -0.2) is 9.97 Å². The minimum absolute atomic E-state index is 0.000897. The summed E-state index contributed by atoms with van der Waals surface area (Å²) in [4.78, 5) is 22.8. The highest BCUT2D eigenvalue weighted by atomic mass is 16.2. The standard InChI is InChI=1S/C15H16N6O/c1-19-7-4-12(18-19)14(22)20-8-3-11(10-20)13-2-5-16-15-17-6-9-21(13)15/h2,4-7,9,11H,3,8,10H2,1H3/t11-/m1/s1. The molecule has 0 N–H and O–H groups in total. The van der Waals surface area contributed by atoms with Crippen LogP contribution in [0, 0.1) is 0 Å². The molecule has 1 aliphatic rings. The van der Waals surface area contributed by atoms with Gasteiger partial charge in [0.2, 0.25) is 5.78 Å². The molecule has 1 atom stereocenters. The van der Waals surface area contributed by atoms with Gasteiger partial charge in [0.05, 0.1) is 0 Å². The van der Waals surface area contributed by atoms with Crippen molar-refractivity contribution < 1.29 is 4.79 Å². The average molecular weight is 296 g/mol. The summed E-state index contributed by atoms with van der Waals surface area (Å²) in [6.07, 6.45) is 8.17. The summed E-state index contributed by atoms with van der Waals surface area (Å²) in [6.45, 7) is 1.45. The molecule has 0 aliphatic carbocycles. The van der Waals surface area contributed by atoms with Crippen LogP contribution in [0.1, 0.15) is 28.5 Å². The van der Waals surface area contributed by atoms with Crippen molar-refractivity contribution in [1.29, 1.82) is 0 Å². The summed E-state index contributed by atoms with van der Waals surface area (Å²) in [7, 11) is 1.82. The molecule has 0 bridgehead atoms. The van der Waals surface area contributed by atoms with E-state index >= 15 is 0 Å². The van der Waals surface area contributed by atoms with Crippen LogP contribution >= 0.6 is 0 Å². The summed E-state index contributed by atoms with van der Waals surface area (Å²) in [6, 6.07) is 3.77. The van der Waals surface area contributed by atoms with E-state index in [1.54, 1.807) is 29.3 Å². The molecule has 1 aliphatic heterocycles. The van der Waals surface area contributed by atoms with Crippen molar-refractivity contribution in [3.05, 3.63) is 48.3 Å². The highest BCUT2D eigenvalue weighted by molar-refractivity contribution is 5.92. The van der Waals surface area contributed by atoms with Crippen LogP contribution < -0.4 is 0 Å². The number of amides is 1. The van der Waals surface area contributed by atoms with Crippen molar-refractivity contribution in [2.45, 2.75) is 12.3 Å². The number of hydrogen-bond donors (Lipinski definition) is 0. The number of imidazole rings is 1.